The van der Waals surface area contributed by atoms with E-state index >= 15 is 0 Å². The van der Waals surface area contributed by atoms with E-state index in [1.165, 1.54) is 11.6 Å². The molecule has 1 saturated heterocycles. The van der Waals surface area contributed by atoms with Crippen LogP contribution >= 0.6 is 11.3 Å². The molecule has 3 aromatic rings. The number of piperidine rings is 1. The topological polar surface area (TPSA) is 42.2 Å². The Labute approximate surface area is 150 Å². The summed E-state index contributed by atoms with van der Waals surface area (Å²) in [6, 6.07) is 8.90. The molecule has 0 bridgehead atoms. The van der Waals surface area contributed by atoms with Crippen molar-refractivity contribution in [3.05, 3.63) is 58.5 Å². The summed E-state index contributed by atoms with van der Waals surface area (Å²) in [4.78, 5) is 3.41. The van der Waals surface area contributed by atoms with Gasteiger partial charge in [-0.1, -0.05) is 12.1 Å². The van der Waals surface area contributed by atoms with E-state index in [0.29, 0.717) is 11.8 Å². The Bertz CT molecular complexity index is 852. The van der Waals surface area contributed by atoms with Crippen LogP contribution in [0.3, 0.4) is 0 Å². The highest BCUT2D eigenvalue weighted by Crippen LogP contribution is 2.32. The summed E-state index contributed by atoms with van der Waals surface area (Å²) in [6.07, 6.45) is 1.97. The summed E-state index contributed by atoms with van der Waals surface area (Å²) < 4.78 is 19.2. The van der Waals surface area contributed by atoms with Crippen molar-refractivity contribution in [1.82, 2.24) is 15.1 Å². The molecule has 1 aliphatic rings. The number of aryl methyl sites for hydroxylation is 1. The first-order valence-corrected chi connectivity index (χ1v) is 9.41. The summed E-state index contributed by atoms with van der Waals surface area (Å²) in [6.45, 7) is 4.75. The molecule has 130 valence electrons. The molecule has 1 aliphatic heterocycles. The fourth-order valence-corrected chi connectivity index (χ4v) is 4.16. The summed E-state index contributed by atoms with van der Waals surface area (Å²) in [5.74, 6) is 1.51. The van der Waals surface area contributed by atoms with Gasteiger partial charge in [-0.15, -0.1) is 21.5 Å². The van der Waals surface area contributed by atoms with Crippen LogP contribution in [0.15, 0.2) is 40.1 Å². The molecular weight excluding hydrogens is 337 g/mol. The molecule has 1 fully saturated rings. The molecule has 0 N–H and O–H groups in total. The third kappa shape index (κ3) is 3.65. The zero-order valence-electron chi connectivity index (χ0n) is 14.1. The van der Waals surface area contributed by atoms with Gasteiger partial charge in [-0.05, 0) is 67.6 Å². The molecule has 0 unspecified atom stereocenters. The fraction of sp³-hybridized carbons (Fsp3) is 0.368. The lowest BCUT2D eigenvalue weighted by Gasteiger charge is -2.30. The number of halogens is 1. The maximum absolute atomic E-state index is 13.3. The van der Waals surface area contributed by atoms with Gasteiger partial charge in [-0.2, -0.15) is 0 Å². The van der Waals surface area contributed by atoms with Crippen molar-refractivity contribution >= 4 is 11.3 Å². The van der Waals surface area contributed by atoms with Crippen molar-refractivity contribution in [1.29, 1.82) is 0 Å². The molecular formula is C19H20FN3OS. The Morgan fingerprint density at radius 3 is 2.80 bits per heavy atom. The number of hydrogen-bond donors (Lipinski definition) is 0. The fourth-order valence-electron chi connectivity index (χ4n) is 3.31. The van der Waals surface area contributed by atoms with Crippen molar-refractivity contribution in [2.24, 2.45) is 0 Å². The monoisotopic (exact) mass is 357 g/mol. The van der Waals surface area contributed by atoms with Gasteiger partial charge in [0.05, 0.1) is 4.88 Å². The predicted molar refractivity (Wildman–Crippen MR) is 96.0 cm³/mol. The van der Waals surface area contributed by atoms with Crippen LogP contribution in [0.4, 0.5) is 4.39 Å². The molecule has 1 aromatic carbocycles. The zero-order valence-corrected chi connectivity index (χ0v) is 14.9. The van der Waals surface area contributed by atoms with Crippen molar-refractivity contribution < 1.29 is 8.81 Å². The predicted octanol–water partition coefficient (Wildman–Crippen LogP) is 4.63. The quantitative estimate of drug-likeness (QED) is 0.683. The van der Waals surface area contributed by atoms with E-state index < -0.39 is 0 Å². The highest BCUT2D eigenvalue weighted by molar-refractivity contribution is 7.13. The van der Waals surface area contributed by atoms with Gasteiger partial charge in [0.15, 0.2) is 0 Å². The second kappa shape index (κ2) is 7.06. The molecule has 0 saturated carbocycles. The van der Waals surface area contributed by atoms with Gasteiger partial charge in [0.2, 0.25) is 5.89 Å². The average Bonchev–Trinajstić information content (AvgIpc) is 3.24. The van der Waals surface area contributed by atoms with Crippen molar-refractivity contribution in [3.63, 3.8) is 0 Å². The van der Waals surface area contributed by atoms with Crippen LogP contribution in [0.1, 0.15) is 35.8 Å². The van der Waals surface area contributed by atoms with Gasteiger partial charge >= 0.3 is 0 Å². The molecule has 2 aromatic heterocycles. The molecule has 25 heavy (non-hydrogen) atoms. The highest BCUT2D eigenvalue weighted by atomic mass is 32.1. The Hall–Kier alpha value is -2.05. The lowest BCUT2D eigenvalue weighted by Crippen LogP contribution is -2.32. The van der Waals surface area contributed by atoms with E-state index in [9.17, 15) is 4.39 Å². The number of rotatable bonds is 4. The normalized spacial score (nSPS) is 16.4. The zero-order chi connectivity index (χ0) is 17.2. The van der Waals surface area contributed by atoms with Gasteiger partial charge in [0.1, 0.15) is 5.82 Å². The van der Waals surface area contributed by atoms with E-state index in [-0.39, 0.29) is 5.82 Å². The minimum Gasteiger partial charge on any atom is -0.420 e. The van der Waals surface area contributed by atoms with Gasteiger partial charge in [0.25, 0.3) is 5.89 Å². The highest BCUT2D eigenvalue weighted by Gasteiger charge is 2.25. The van der Waals surface area contributed by atoms with Gasteiger partial charge in [0, 0.05) is 12.5 Å². The average molecular weight is 357 g/mol. The third-order valence-corrected chi connectivity index (χ3v) is 5.73. The van der Waals surface area contributed by atoms with Crippen molar-refractivity contribution in [2.45, 2.75) is 32.2 Å². The summed E-state index contributed by atoms with van der Waals surface area (Å²) >= 11 is 1.63. The van der Waals surface area contributed by atoms with Gasteiger partial charge < -0.3 is 4.42 Å². The summed E-state index contributed by atoms with van der Waals surface area (Å²) in [5.41, 5.74) is 2.19. The maximum Gasteiger partial charge on any atom is 0.258 e. The smallest absolute Gasteiger partial charge is 0.258 e. The molecule has 0 spiro atoms. The molecule has 0 radical (unpaired) electrons. The largest absolute Gasteiger partial charge is 0.420 e. The van der Waals surface area contributed by atoms with Crippen molar-refractivity contribution in [3.8, 4) is 10.8 Å². The van der Waals surface area contributed by atoms with Crippen LogP contribution in [-0.2, 0) is 6.54 Å². The maximum atomic E-state index is 13.3. The number of aromatic nitrogens is 2. The second-order valence-electron chi connectivity index (χ2n) is 6.56. The van der Waals surface area contributed by atoms with Crippen LogP contribution in [0.25, 0.3) is 10.8 Å². The molecule has 3 heterocycles. The minimum absolute atomic E-state index is 0.172. The first-order valence-electron chi connectivity index (χ1n) is 8.54. The van der Waals surface area contributed by atoms with E-state index in [1.807, 2.05) is 11.4 Å². The lowest BCUT2D eigenvalue weighted by molar-refractivity contribution is 0.193. The number of nitrogens with zero attached hydrogens (tertiary/aromatic N) is 3. The van der Waals surface area contributed by atoms with Crippen LogP contribution in [0, 0.1) is 12.7 Å². The van der Waals surface area contributed by atoms with Crippen LogP contribution < -0.4 is 0 Å². The minimum atomic E-state index is -0.172. The van der Waals surface area contributed by atoms with Gasteiger partial charge in [-0.25, -0.2) is 4.39 Å². The number of thiophene rings is 1. The Morgan fingerprint density at radius 1 is 1.24 bits per heavy atom. The first-order chi connectivity index (χ1) is 12.2. The van der Waals surface area contributed by atoms with Crippen molar-refractivity contribution in [2.75, 3.05) is 13.1 Å². The second-order valence-corrected chi connectivity index (χ2v) is 7.47. The Kier molecular flexibility index (Phi) is 4.63. The molecule has 4 nitrogen and oxygen atoms in total. The standard InChI is InChI=1S/C19H20FN3OS/c1-13-7-10-25-17(13)19-22-21-18(24-19)15-5-8-23(9-6-15)12-14-3-2-4-16(20)11-14/h2-4,7,10-11,15H,5-6,8-9,12H2,1H3. The van der Waals surface area contributed by atoms with Crippen LogP contribution in [0.2, 0.25) is 0 Å². The number of benzene rings is 1. The molecule has 6 heteroatoms. The summed E-state index contributed by atoms with van der Waals surface area (Å²) in [5, 5.41) is 10.6. The Morgan fingerprint density at radius 2 is 2.08 bits per heavy atom. The number of likely N-dealkylation sites (tertiary alicyclic amines) is 1. The third-order valence-electron chi connectivity index (χ3n) is 4.73. The Balaban J connectivity index is 1.37. The van der Waals surface area contributed by atoms with E-state index in [0.717, 1.165) is 48.8 Å². The lowest BCUT2D eigenvalue weighted by atomic mass is 9.96. The van der Waals surface area contributed by atoms with E-state index in [1.54, 1.807) is 23.5 Å². The number of hydrogen-bond acceptors (Lipinski definition) is 5. The molecule has 0 atom stereocenters. The van der Waals surface area contributed by atoms with Gasteiger partial charge in [-0.3, -0.25) is 4.90 Å². The van der Waals surface area contributed by atoms with Crippen LogP contribution in [-0.4, -0.2) is 28.2 Å². The van der Waals surface area contributed by atoms with E-state index in [2.05, 4.69) is 28.1 Å². The van der Waals surface area contributed by atoms with Crippen LogP contribution in [0.5, 0.6) is 0 Å². The first kappa shape index (κ1) is 16.4. The molecule has 0 aliphatic carbocycles. The van der Waals surface area contributed by atoms with E-state index in [4.69, 9.17) is 4.42 Å². The molecule has 0 amide bonds. The molecule has 4 rings (SSSR count). The SMILES string of the molecule is Cc1ccsc1-c1nnc(C2CCN(Cc3cccc(F)c3)CC2)o1. The summed E-state index contributed by atoms with van der Waals surface area (Å²) in [7, 11) is 0.